The molecule has 0 aliphatic carbocycles. The van der Waals surface area contributed by atoms with Crippen molar-refractivity contribution in [3.8, 4) is 11.1 Å². The lowest BCUT2D eigenvalue weighted by Crippen LogP contribution is -2.73. The van der Waals surface area contributed by atoms with Crippen molar-refractivity contribution in [2.75, 3.05) is 12.3 Å². The predicted molar refractivity (Wildman–Crippen MR) is 156 cm³/mol. The van der Waals surface area contributed by atoms with Gasteiger partial charge in [0.25, 0.3) is 0 Å². The number of hydrogen-bond donors (Lipinski definition) is 1. The quantitative estimate of drug-likeness (QED) is 0.216. The van der Waals surface area contributed by atoms with Gasteiger partial charge in [-0.25, -0.2) is 0 Å². The van der Waals surface area contributed by atoms with E-state index in [1.54, 1.807) is 16.7 Å². The third kappa shape index (κ3) is 4.29. The van der Waals surface area contributed by atoms with Gasteiger partial charge in [-0.05, 0) is 32.6 Å². The van der Waals surface area contributed by atoms with Gasteiger partial charge in [-0.2, -0.15) is 0 Å². The first kappa shape index (κ1) is 25.4. The Hall–Kier alpha value is -2.91. The second-order valence-corrected chi connectivity index (χ2v) is 12.3. The molecule has 38 heavy (non-hydrogen) atoms. The molecule has 3 heterocycles. The first-order chi connectivity index (χ1) is 18.5. The number of hydrogen-bond acceptors (Lipinski definition) is 6. The van der Waals surface area contributed by atoms with E-state index in [9.17, 15) is 9.59 Å². The second kappa shape index (κ2) is 10.3. The summed E-state index contributed by atoms with van der Waals surface area (Å²) in [5.41, 5.74) is 8.89. The van der Waals surface area contributed by atoms with Gasteiger partial charge in [0.2, 0.25) is 5.91 Å². The van der Waals surface area contributed by atoms with E-state index in [-0.39, 0.29) is 23.8 Å². The summed E-state index contributed by atoms with van der Waals surface area (Å²) in [4.78, 5) is 29.8. The highest BCUT2D eigenvalue weighted by Crippen LogP contribution is 2.50. The minimum Gasteiger partial charge on any atom is -0.452 e. The summed E-state index contributed by atoms with van der Waals surface area (Å²) in [6.45, 7) is 0.236. The third-order valence-electron chi connectivity index (χ3n) is 7.19. The first-order valence-corrected chi connectivity index (χ1v) is 15.0. The zero-order chi connectivity index (χ0) is 26.3. The normalized spacial score (nSPS) is 22.6. The van der Waals surface area contributed by atoms with Gasteiger partial charge < -0.3 is 15.4 Å². The van der Waals surface area contributed by atoms with E-state index in [2.05, 4.69) is 21.3 Å². The van der Waals surface area contributed by atoms with Crippen molar-refractivity contribution >= 4 is 50.9 Å². The number of rotatable bonds is 6. The minimum atomic E-state index is -1.05. The number of benzene rings is 3. The average molecular weight is 606 g/mol. The number of fused-ring (bicyclic) bond motifs is 1. The average Bonchev–Trinajstić information content (AvgIpc) is 3.37. The van der Waals surface area contributed by atoms with Gasteiger partial charge in [0.15, 0.2) is 6.10 Å². The number of esters is 1. The van der Waals surface area contributed by atoms with Crippen LogP contribution in [0.2, 0.25) is 0 Å². The van der Waals surface area contributed by atoms with Crippen LogP contribution in [-0.2, 0) is 19.7 Å². The molecular formula is C30H25BrN2O3S2. The summed E-state index contributed by atoms with van der Waals surface area (Å²) in [5, 5.41) is 1.95. The highest BCUT2D eigenvalue weighted by molar-refractivity contribution is 9.10. The summed E-state index contributed by atoms with van der Waals surface area (Å²) in [6, 6.07) is 29.1. The van der Waals surface area contributed by atoms with E-state index >= 15 is 0 Å². The molecule has 2 saturated heterocycles. The van der Waals surface area contributed by atoms with E-state index in [0.717, 1.165) is 31.6 Å². The molecule has 1 aromatic heterocycles. The molecule has 2 N–H and O–H groups in total. The summed E-state index contributed by atoms with van der Waals surface area (Å²) >= 11 is 6.90. The maximum atomic E-state index is 14.4. The molecule has 0 radical (unpaired) electrons. The van der Waals surface area contributed by atoms with Crippen LogP contribution < -0.4 is 5.73 Å². The van der Waals surface area contributed by atoms with Crippen molar-refractivity contribution in [1.29, 1.82) is 0 Å². The summed E-state index contributed by atoms with van der Waals surface area (Å²) in [6.07, 6.45) is -0.578. The Morgan fingerprint density at radius 3 is 2.16 bits per heavy atom. The van der Waals surface area contributed by atoms with Crippen LogP contribution >= 0.6 is 39.0 Å². The molecule has 1 amide bonds. The maximum absolute atomic E-state index is 14.4. The molecule has 8 heteroatoms. The minimum absolute atomic E-state index is 0.116. The molecule has 2 fully saturated rings. The summed E-state index contributed by atoms with van der Waals surface area (Å²) in [7, 11) is 0. The lowest BCUT2D eigenvalue weighted by atomic mass is 9.84. The van der Waals surface area contributed by atoms with Crippen LogP contribution in [0.1, 0.15) is 22.1 Å². The number of ether oxygens (including phenoxy) is 1. The largest absolute Gasteiger partial charge is 0.452 e. The molecule has 1 unspecified atom stereocenters. The highest BCUT2D eigenvalue weighted by Gasteiger charge is 2.58. The third-order valence-corrected chi connectivity index (χ3v) is 11.0. The van der Waals surface area contributed by atoms with Crippen LogP contribution in [0.15, 0.2) is 101 Å². The lowest BCUT2D eigenvalue weighted by molar-refractivity contribution is -0.158. The Bertz CT molecular complexity index is 1430. The van der Waals surface area contributed by atoms with Crippen LogP contribution in [-0.4, -0.2) is 40.5 Å². The molecule has 5 nitrogen and oxygen atoms in total. The molecule has 0 bridgehead atoms. The van der Waals surface area contributed by atoms with Crippen LogP contribution in [0.5, 0.6) is 0 Å². The van der Waals surface area contributed by atoms with Crippen molar-refractivity contribution < 1.29 is 14.3 Å². The van der Waals surface area contributed by atoms with Gasteiger partial charge in [0.05, 0.1) is 0 Å². The van der Waals surface area contributed by atoms with Gasteiger partial charge in [0.1, 0.15) is 16.8 Å². The molecule has 3 aromatic carbocycles. The smallest absolute Gasteiger partial charge is 0.321 e. The van der Waals surface area contributed by atoms with Crippen LogP contribution in [0, 0.1) is 0 Å². The van der Waals surface area contributed by atoms with E-state index in [1.165, 1.54) is 11.3 Å². The molecule has 6 rings (SSSR count). The number of nitrogens with two attached hydrogens (primary N) is 1. The summed E-state index contributed by atoms with van der Waals surface area (Å²) in [5.74, 6) is -0.00736. The van der Waals surface area contributed by atoms with E-state index < -0.39 is 17.6 Å². The Kier molecular flexibility index (Phi) is 6.90. The molecule has 0 spiro atoms. The van der Waals surface area contributed by atoms with Crippen molar-refractivity contribution in [2.45, 2.75) is 22.9 Å². The number of β-lactam (4-membered cyclic amide) rings is 1. The van der Waals surface area contributed by atoms with Crippen LogP contribution in [0.4, 0.5) is 0 Å². The molecule has 3 atom stereocenters. The van der Waals surface area contributed by atoms with Crippen LogP contribution in [0.25, 0.3) is 11.1 Å². The number of thioether (sulfide) groups is 1. The standard InChI is InChI=1S/C30H25BrN2O3S2/c31-23-22(19-10-4-1-5-11-19)16-37-26(23)30(17-33-27(34)24(32)28(33)38-18-30)29(35)36-25(20-12-6-2-7-13-20)21-14-8-3-9-15-21/h1-16,24-25,28H,17-18,32H2/t24-,28-,30?/m1/s1. The van der Waals surface area contributed by atoms with Crippen molar-refractivity contribution in [3.63, 3.8) is 0 Å². The topological polar surface area (TPSA) is 72.6 Å². The van der Waals surface area contributed by atoms with E-state index in [1.807, 2.05) is 91.0 Å². The number of amides is 1. The van der Waals surface area contributed by atoms with Gasteiger partial charge in [0, 0.05) is 32.6 Å². The van der Waals surface area contributed by atoms with Crippen molar-refractivity contribution in [3.05, 3.63) is 117 Å². The van der Waals surface area contributed by atoms with Gasteiger partial charge in [-0.1, -0.05) is 91.0 Å². The Labute approximate surface area is 238 Å². The Morgan fingerprint density at radius 1 is 0.974 bits per heavy atom. The van der Waals surface area contributed by atoms with E-state index in [4.69, 9.17) is 10.5 Å². The zero-order valence-corrected chi connectivity index (χ0v) is 23.5. The highest BCUT2D eigenvalue weighted by atomic mass is 79.9. The fourth-order valence-corrected chi connectivity index (χ4v) is 9.00. The molecule has 192 valence electrons. The maximum Gasteiger partial charge on any atom is 0.321 e. The van der Waals surface area contributed by atoms with Gasteiger partial charge in [-0.15, -0.1) is 23.1 Å². The molecule has 0 saturated carbocycles. The Balaban J connectivity index is 1.42. The van der Waals surface area contributed by atoms with Gasteiger partial charge >= 0.3 is 5.97 Å². The molecule has 2 aliphatic rings. The number of thiophene rings is 1. The SMILES string of the molecule is N[C@@H]1C(=O)N2CC(C(=O)OC(c3ccccc3)c3ccccc3)(c3scc(-c4ccccc4)c3Br)CS[C@H]12. The predicted octanol–water partition coefficient (Wildman–Crippen LogP) is 5.99. The second-order valence-electron chi connectivity index (χ2n) is 9.54. The van der Waals surface area contributed by atoms with Crippen molar-refractivity contribution in [1.82, 2.24) is 4.90 Å². The number of halogens is 1. The monoisotopic (exact) mass is 604 g/mol. The number of carbonyl (C=O) groups is 2. The zero-order valence-electron chi connectivity index (χ0n) is 20.3. The molecular weight excluding hydrogens is 580 g/mol. The number of nitrogens with zero attached hydrogens (tertiary/aromatic N) is 1. The van der Waals surface area contributed by atoms with Gasteiger partial charge in [-0.3, -0.25) is 9.59 Å². The Morgan fingerprint density at radius 2 is 1.55 bits per heavy atom. The van der Waals surface area contributed by atoms with E-state index in [0.29, 0.717) is 5.75 Å². The molecule has 4 aromatic rings. The first-order valence-electron chi connectivity index (χ1n) is 12.3. The number of carbonyl (C=O) groups excluding carboxylic acids is 2. The molecule has 2 aliphatic heterocycles. The van der Waals surface area contributed by atoms with Crippen molar-refractivity contribution in [2.24, 2.45) is 5.73 Å². The fourth-order valence-electron chi connectivity index (χ4n) is 5.11. The lowest BCUT2D eigenvalue weighted by Gasteiger charge is -2.53. The summed E-state index contributed by atoms with van der Waals surface area (Å²) < 4.78 is 7.28. The fraction of sp³-hybridized carbons (Fsp3) is 0.200. The van der Waals surface area contributed by atoms with Crippen LogP contribution in [0.3, 0.4) is 0 Å².